The summed E-state index contributed by atoms with van der Waals surface area (Å²) in [6, 6.07) is 7.57. The van der Waals surface area contributed by atoms with Gasteiger partial charge in [-0.2, -0.15) is 0 Å². The van der Waals surface area contributed by atoms with Crippen LogP contribution in [-0.2, 0) is 16.0 Å². The van der Waals surface area contributed by atoms with Crippen molar-refractivity contribution in [1.29, 1.82) is 0 Å². The summed E-state index contributed by atoms with van der Waals surface area (Å²) < 4.78 is 0. The highest BCUT2D eigenvalue weighted by Crippen LogP contribution is 2.37. The number of amides is 2. The van der Waals surface area contributed by atoms with E-state index in [1.54, 1.807) is 0 Å². The minimum Gasteiger partial charge on any atom is -0.354 e. The minimum absolute atomic E-state index is 0.0354. The topological polar surface area (TPSA) is 49.4 Å². The summed E-state index contributed by atoms with van der Waals surface area (Å²) in [5, 5.41) is 3.04. The Labute approximate surface area is 138 Å². The van der Waals surface area contributed by atoms with Crippen molar-refractivity contribution in [3.05, 3.63) is 35.4 Å². The predicted molar refractivity (Wildman–Crippen MR) is 89.8 cm³/mol. The molecular formula is C19H26N2O2. The quantitative estimate of drug-likeness (QED) is 0.908. The van der Waals surface area contributed by atoms with Gasteiger partial charge in [-0.3, -0.25) is 9.59 Å². The van der Waals surface area contributed by atoms with Crippen LogP contribution in [0.25, 0.3) is 0 Å². The first-order chi connectivity index (χ1) is 11.1. The second-order valence-electron chi connectivity index (χ2n) is 7.13. The van der Waals surface area contributed by atoms with E-state index in [1.165, 1.54) is 5.56 Å². The fourth-order valence-electron chi connectivity index (χ4n) is 3.23. The molecule has 1 aromatic rings. The predicted octanol–water partition coefficient (Wildman–Crippen LogP) is 2.68. The second kappa shape index (κ2) is 6.73. The largest absolute Gasteiger partial charge is 0.354 e. The van der Waals surface area contributed by atoms with Crippen LogP contribution in [0.1, 0.15) is 50.3 Å². The smallest absolute Gasteiger partial charge is 0.247 e. The maximum absolute atomic E-state index is 12.8. The van der Waals surface area contributed by atoms with Crippen molar-refractivity contribution < 1.29 is 9.59 Å². The molecule has 124 valence electrons. The number of carbonyl (C=O) groups is 2. The third kappa shape index (κ3) is 3.57. The summed E-state index contributed by atoms with van der Waals surface area (Å²) >= 11 is 0. The van der Waals surface area contributed by atoms with Gasteiger partial charge in [0.1, 0.15) is 6.04 Å². The highest BCUT2D eigenvalue weighted by atomic mass is 16.2. The third-order valence-electron chi connectivity index (χ3n) is 4.76. The first kappa shape index (κ1) is 16.0. The SMILES string of the molecule is CC(C)CCNC(=O)C1c2ccccc2CCN1C(=O)C1CC1. The second-order valence-corrected chi connectivity index (χ2v) is 7.13. The van der Waals surface area contributed by atoms with Gasteiger partial charge in [-0.15, -0.1) is 0 Å². The van der Waals surface area contributed by atoms with E-state index in [-0.39, 0.29) is 17.7 Å². The summed E-state index contributed by atoms with van der Waals surface area (Å²) in [4.78, 5) is 27.2. The number of hydrogen-bond acceptors (Lipinski definition) is 2. The van der Waals surface area contributed by atoms with E-state index in [9.17, 15) is 9.59 Å². The van der Waals surface area contributed by atoms with Crippen molar-refractivity contribution in [2.45, 2.75) is 45.6 Å². The molecule has 2 amide bonds. The maximum atomic E-state index is 12.8. The normalized spacial score (nSPS) is 20.3. The van der Waals surface area contributed by atoms with Crippen LogP contribution in [0.2, 0.25) is 0 Å². The van der Waals surface area contributed by atoms with E-state index >= 15 is 0 Å². The molecule has 1 heterocycles. The van der Waals surface area contributed by atoms with Gasteiger partial charge < -0.3 is 10.2 Å². The van der Waals surface area contributed by atoms with Crippen LogP contribution in [0.3, 0.4) is 0 Å². The van der Waals surface area contributed by atoms with E-state index in [1.807, 2.05) is 23.1 Å². The standard InChI is InChI=1S/C19H26N2O2/c1-13(2)9-11-20-18(22)17-16-6-4-3-5-14(16)10-12-21(17)19(23)15-7-8-15/h3-6,13,15,17H,7-12H2,1-2H3,(H,20,22). The molecule has 0 saturated heterocycles. The van der Waals surface area contributed by atoms with Crippen molar-refractivity contribution >= 4 is 11.8 Å². The highest BCUT2D eigenvalue weighted by Gasteiger charge is 2.41. The van der Waals surface area contributed by atoms with Gasteiger partial charge >= 0.3 is 0 Å². The van der Waals surface area contributed by atoms with Crippen LogP contribution in [0.15, 0.2) is 24.3 Å². The Kier molecular flexibility index (Phi) is 4.69. The lowest BCUT2D eigenvalue weighted by molar-refractivity contribution is -0.142. The monoisotopic (exact) mass is 314 g/mol. The Hall–Kier alpha value is -1.84. The van der Waals surface area contributed by atoms with Crippen LogP contribution in [0.5, 0.6) is 0 Å². The number of benzene rings is 1. The van der Waals surface area contributed by atoms with Crippen molar-refractivity contribution in [1.82, 2.24) is 10.2 Å². The number of hydrogen-bond donors (Lipinski definition) is 1. The van der Waals surface area contributed by atoms with Gasteiger partial charge in [-0.05, 0) is 42.7 Å². The fourth-order valence-corrected chi connectivity index (χ4v) is 3.23. The number of nitrogens with zero attached hydrogens (tertiary/aromatic N) is 1. The first-order valence-electron chi connectivity index (χ1n) is 8.74. The molecule has 4 nitrogen and oxygen atoms in total. The van der Waals surface area contributed by atoms with E-state index in [0.717, 1.165) is 31.2 Å². The molecule has 1 aromatic carbocycles. The Morgan fingerprint density at radius 1 is 1.26 bits per heavy atom. The summed E-state index contributed by atoms with van der Waals surface area (Å²) in [5.41, 5.74) is 2.19. The first-order valence-corrected chi connectivity index (χ1v) is 8.74. The number of fused-ring (bicyclic) bond motifs is 1. The molecule has 0 spiro atoms. The van der Waals surface area contributed by atoms with Crippen LogP contribution >= 0.6 is 0 Å². The molecule has 1 saturated carbocycles. The molecule has 1 fully saturated rings. The molecule has 0 aromatic heterocycles. The third-order valence-corrected chi connectivity index (χ3v) is 4.76. The Morgan fingerprint density at radius 2 is 2.00 bits per heavy atom. The van der Waals surface area contributed by atoms with Crippen LogP contribution in [0, 0.1) is 11.8 Å². The summed E-state index contributed by atoms with van der Waals surface area (Å²) in [6.45, 7) is 5.60. The van der Waals surface area contributed by atoms with Gasteiger partial charge in [-0.25, -0.2) is 0 Å². The number of carbonyl (C=O) groups excluding carboxylic acids is 2. The Morgan fingerprint density at radius 3 is 2.70 bits per heavy atom. The van der Waals surface area contributed by atoms with E-state index in [0.29, 0.717) is 19.0 Å². The number of nitrogens with one attached hydrogen (secondary N) is 1. The van der Waals surface area contributed by atoms with Gasteiger partial charge in [0.05, 0.1) is 0 Å². The summed E-state index contributed by atoms with van der Waals surface area (Å²) in [5.74, 6) is 0.819. The van der Waals surface area contributed by atoms with Crippen molar-refractivity contribution in [2.24, 2.45) is 11.8 Å². The van der Waals surface area contributed by atoms with Crippen LogP contribution in [-0.4, -0.2) is 29.8 Å². The molecule has 0 radical (unpaired) electrons. The average molecular weight is 314 g/mol. The molecule has 2 aliphatic rings. The maximum Gasteiger partial charge on any atom is 0.247 e. The van der Waals surface area contributed by atoms with Gasteiger partial charge in [0.2, 0.25) is 11.8 Å². The molecule has 4 heteroatoms. The molecule has 1 aliphatic heterocycles. The molecule has 1 aliphatic carbocycles. The molecule has 3 rings (SSSR count). The van der Waals surface area contributed by atoms with Gasteiger partial charge in [0.15, 0.2) is 0 Å². The van der Waals surface area contributed by atoms with E-state index < -0.39 is 6.04 Å². The number of rotatable bonds is 5. The van der Waals surface area contributed by atoms with Gasteiger partial charge in [0, 0.05) is 19.0 Å². The van der Waals surface area contributed by atoms with Gasteiger partial charge in [0.25, 0.3) is 0 Å². The summed E-state index contributed by atoms with van der Waals surface area (Å²) in [7, 11) is 0. The molecular weight excluding hydrogens is 288 g/mol. The Balaban J connectivity index is 1.80. The van der Waals surface area contributed by atoms with Crippen molar-refractivity contribution in [3.8, 4) is 0 Å². The van der Waals surface area contributed by atoms with E-state index in [4.69, 9.17) is 0 Å². The lowest BCUT2D eigenvalue weighted by Gasteiger charge is -2.36. The van der Waals surface area contributed by atoms with E-state index in [2.05, 4.69) is 25.2 Å². The highest BCUT2D eigenvalue weighted by molar-refractivity contribution is 5.91. The van der Waals surface area contributed by atoms with Crippen molar-refractivity contribution in [2.75, 3.05) is 13.1 Å². The van der Waals surface area contributed by atoms with Gasteiger partial charge in [-0.1, -0.05) is 38.1 Å². The fraction of sp³-hybridized carbons (Fsp3) is 0.579. The minimum atomic E-state index is -0.458. The molecule has 0 bridgehead atoms. The zero-order chi connectivity index (χ0) is 16.4. The average Bonchev–Trinajstić information content (AvgIpc) is 3.37. The molecule has 1 unspecified atom stereocenters. The van der Waals surface area contributed by atoms with Crippen LogP contribution < -0.4 is 5.32 Å². The molecule has 23 heavy (non-hydrogen) atoms. The van der Waals surface area contributed by atoms with Crippen LogP contribution in [0.4, 0.5) is 0 Å². The lowest BCUT2D eigenvalue weighted by atomic mass is 9.91. The summed E-state index contributed by atoms with van der Waals surface area (Å²) in [6.07, 6.45) is 3.73. The molecule has 1 N–H and O–H groups in total. The molecule has 1 atom stereocenters. The van der Waals surface area contributed by atoms with Crippen molar-refractivity contribution in [3.63, 3.8) is 0 Å². The zero-order valence-electron chi connectivity index (χ0n) is 14.0. The Bertz CT molecular complexity index is 593. The lowest BCUT2D eigenvalue weighted by Crippen LogP contribution is -2.48. The zero-order valence-corrected chi connectivity index (χ0v) is 14.0.